The number of nitrogens with zero attached hydrogens (tertiary/aromatic N) is 5. The molecule has 1 fully saturated rings. The van der Waals surface area contributed by atoms with Crippen LogP contribution in [0.5, 0.6) is 11.9 Å². The molecular weight excluding hydrogens is 336 g/mol. The van der Waals surface area contributed by atoms with Gasteiger partial charge in [0.15, 0.2) is 0 Å². The third kappa shape index (κ3) is 3.29. The Hall–Kier alpha value is -2.62. The molecule has 3 rings (SSSR count). The molecule has 0 aromatic carbocycles. The molecule has 1 aliphatic heterocycles. The number of aromatic nitrogens is 4. The van der Waals surface area contributed by atoms with E-state index in [0.29, 0.717) is 17.1 Å². The zero-order valence-electron chi connectivity index (χ0n) is 13.9. The second-order valence-electron chi connectivity index (χ2n) is 5.60. The number of aliphatic hydroxyl groups is 1. The van der Waals surface area contributed by atoms with E-state index in [1.807, 2.05) is 0 Å². The van der Waals surface area contributed by atoms with Crippen molar-refractivity contribution in [3.63, 3.8) is 0 Å². The van der Waals surface area contributed by atoms with Crippen LogP contribution < -0.4 is 14.4 Å². The number of hydrogen-bond donors (Lipinski definition) is 1. The van der Waals surface area contributed by atoms with Gasteiger partial charge < -0.3 is 19.5 Å². The van der Waals surface area contributed by atoms with Crippen LogP contribution in [-0.2, 0) is 0 Å². The van der Waals surface area contributed by atoms with Gasteiger partial charge in [-0.25, -0.2) is 23.7 Å². The Bertz CT molecular complexity index is 790. The van der Waals surface area contributed by atoms with Crippen LogP contribution in [0.1, 0.15) is 5.82 Å². The number of aliphatic hydroxyl groups excluding tert-OH is 1. The fourth-order valence-electron chi connectivity index (χ4n) is 2.57. The van der Waals surface area contributed by atoms with Gasteiger partial charge in [-0.3, -0.25) is 0 Å². The molecular formula is C15H17F2N5O3. The highest BCUT2D eigenvalue weighted by Gasteiger charge is 2.47. The second-order valence-corrected chi connectivity index (χ2v) is 5.60. The minimum atomic E-state index is -3.18. The van der Waals surface area contributed by atoms with Gasteiger partial charge in [-0.1, -0.05) is 0 Å². The zero-order chi connectivity index (χ0) is 18.2. The number of ether oxygens (including phenoxy) is 2. The highest BCUT2D eigenvalue weighted by Crippen LogP contribution is 2.33. The first-order valence-electron chi connectivity index (χ1n) is 7.46. The number of hydrogen-bond acceptors (Lipinski definition) is 8. The van der Waals surface area contributed by atoms with E-state index in [0.717, 1.165) is 0 Å². The maximum atomic E-state index is 13.6. The maximum Gasteiger partial charge on any atom is 0.319 e. The summed E-state index contributed by atoms with van der Waals surface area (Å²) in [6.45, 7) is 0.827. The van der Waals surface area contributed by atoms with Crippen molar-refractivity contribution in [1.29, 1.82) is 0 Å². The first-order chi connectivity index (χ1) is 11.8. The molecule has 2 aromatic rings. The van der Waals surface area contributed by atoms with Gasteiger partial charge >= 0.3 is 6.01 Å². The largest absolute Gasteiger partial charge is 0.480 e. The van der Waals surface area contributed by atoms with Crippen molar-refractivity contribution < 1.29 is 23.4 Å². The van der Waals surface area contributed by atoms with E-state index in [9.17, 15) is 13.9 Å². The van der Waals surface area contributed by atoms with Gasteiger partial charge in [0, 0.05) is 12.3 Å². The highest BCUT2D eigenvalue weighted by atomic mass is 19.3. The fourth-order valence-corrected chi connectivity index (χ4v) is 2.57. The normalized spacial score (nSPS) is 19.1. The Labute approximate surface area is 142 Å². The number of methoxy groups -OCH3 is 2. The Morgan fingerprint density at radius 1 is 1.24 bits per heavy atom. The van der Waals surface area contributed by atoms with Crippen LogP contribution in [0, 0.1) is 6.92 Å². The van der Waals surface area contributed by atoms with Gasteiger partial charge in [-0.2, -0.15) is 4.98 Å². The van der Waals surface area contributed by atoms with E-state index in [-0.39, 0.29) is 24.3 Å². The van der Waals surface area contributed by atoms with Crippen LogP contribution in [0.4, 0.5) is 14.6 Å². The Balaban J connectivity index is 2.01. The van der Waals surface area contributed by atoms with Gasteiger partial charge in [0.1, 0.15) is 17.7 Å². The van der Waals surface area contributed by atoms with Crippen LogP contribution >= 0.6 is 0 Å². The van der Waals surface area contributed by atoms with Crippen molar-refractivity contribution in [2.45, 2.75) is 19.0 Å². The molecule has 2 aromatic heterocycles. The molecule has 0 saturated carbocycles. The molecule has 0 radical (unpaired) electrons. The fraction of sp³-hybridized carbons (Fsp3) is 0.467. The molecule has 3 heterocycles. The number of anilines is 1. The predicted octanol–water partition coefficient (Wildman–Crippen LogP) is 1.08. The second kappa shape index (κ2) is 6.36. The van der Waals surface area contributed by atoms with Gasteiger partial charge in [0.25, 0.3) is 5.92 Å². The molecule has 134 valence electrons. The van der Waals surface area contributed by atoms with Crippen LogP contribution in [0.25, 0.3) is 11.3 Å². The topological polar surface area (TPSA) is 93.5 Å². The van der Waals surface area contributed by atoms with E-state index < -0.39 is 18.6 Å². The van der Waals surface area contributed by atoms with E-state index >= 15 is 0 Å². The molecule has 1 aliphatic rings. The Kier molecular flexibility index (Phi) is 4.38. The SMILES string of the molecule is COc1ncc(-c2cc(N3CC(O)C(F)(F)C3)nc(C)n2)c(OC)n1. The average molecular weight is 353 g/mol. The molecule has 25 heavy (non-hydrogen) atoms. The number of rotatable bonds is 4. The number of halogens is 2. The minimum Gasteiger partial charge on any atom is -0.480 e. The van der Waals surface area contributed by atoms with Crippen molar-refractivity contribution in [2.24, 2.45) is 0 Å². The lowest BCUT2D eigenvalue weighted by Gasteiger charge is -2.18. The molecule has 8 nitrogen and oxygen atoms in total. The van der Waals surface area contributed by atoms with Gasteiger partial charge in [-0.05, 0) is 6.92 Å². The molecule has 0 bridgehead atoms. The summed E-state index contributed by atoms with van der Waals surface area (Å²) in [5.74, 6) is -2.27. The average Bonchev–Trinajstić information content (AvgIpc) is 2.87. The molecule has 1 atom stereocenters. The summed E-state index contributed by atoms with van der Waals surface area (Å²) < 4.78 is 37.4. The highest BCUT2D eigenvalue weighted by molar-refractivity contribution is 5.67. The van der Waals surface area contributed by atoms with Gasteiger partial charge in [0.05, 0.1) is 38.6 Å². The number of alkyl halides is 2. The molecule has 1 unspecified atom stereocenters. The summed E-state index contributed by atoms with van der Waals surface area (Å²) in [7, 11) is 2.87. The van der Waals surface area contributed by atoms with Crippen molar-refractivity contribution in [1.82, 2.24) is 19.9 Å². The summed E-state index contributed by atoms with van der Waals surface area (Å²) in [6, 6.07) is 1.67. The molecule has 0 aliphatic carbocycles. The van der Waals surface area contributed by atoms with Crippen LogP contribution in [-0.4, -0.2) is 64.4 Å². The predicted molar refractivity (Wildman–Crippen MR) is 84.1 cm³/mol. The summed E-state index contributed by atoms with van der Waals surface area (Å²) in [6.07, 6.45) is -0.256. The maximum absolute atomic E-state index is 13.6. The first kappa shape index (κ1) is 17.2. The molecule has 0 amide bonds. The summed E-state index contributed by atoms with van der Waals surface area (Å²) in [5.41, 5.74) is 0.897. The zero-order valence-corrected chi connectivity index (χ0v) is 13.9. The lowest BCUT2D eigenvalue weighted by atomic mass is 10.2. The standard InChI is InChI=1S/C15H17F2N5O3/c1-8-19-10(9-5-18-14(25-3)21-13(9)24-2)4-12(20-8)22-6-11(23)15(16,17)7-22/h4-5,11,23H,6-7H2,1-3H3. The lowest BCUT2D eigenvalue weighted by Crippen LogP contribution is -2.31. The van der Waals surface area contributed by atoms with Crippen LogP contribution in [0.2, 0.25) is 0 Å². The lowest BCUT2D eigenvalue weighted by molar-refractivity contribution is -0.0712. The smallest absolute Gasteiger partial charge is 0.319 e. The van der Waals surface area contributed by atoms with E-state index in [1.165, 1.54) is 31.4 Å². The minimum absolute atomic E-state index is 0.133. The molecule has 0 spiro atoms. The third-order valence-electron chi connectivity index (χ3n) is 3.81. The summed E-state index contributed by atoms with van der Waals surface area (Å²) in [4.78, 5) is 17.9. The number of aryl methyl sites for hydroxylation is 1. The summed E-state index contributed by atoms with van der Waals surface area (Å²) in [5, 5.41) is 9.50. The molecule has 10 heteroatoms. The van der Waals surface area contributed by atoms with Crippen molar-refractivity contribution in [2.75, 3.05) is 32.2 Å². The molecule has 1 saturated heterocycles. The van der Waals surface area contributed by atoms with Crippen molar-refractivity contribution >= 4 is 5.82 Å². The summed E-state index contributed by atoms with van der Waals surface area (Å²) >= 11 is 0. The van der Waals surface area contributed by atoms with E-state index in [1.54, 1.807) is 6.92 Å². The first-order valence-corrected chi connectivity index (χ1v) is 7.46. The van der Waals surface area contributed by atoms with Gasteiger partial charge in [0.2, 0.25) is 5.88 Å². The Morgan fingerprint density at radius 2 is 2.00 bits per heavy atom. The van der Waals surface area contributed by atoms with Crippen molar-refractivity contribution in [3.05, 3.63) is 18.1 Å². The molecule has 1 N–H and O–H groups in total. The van der Waals surface area contributed by atoms with E-state index in [2.05, 4.69) is 19.9 Å². The third-order valence-corrected chi connectivity index (χ3v) is 3.81. The monoisotopic (exact) mass is 353 g/mol. The van der Waals surface area contributed by atoms with E-state index in [4.69, 9.17) is 9.47 Å². The van der Waals surface area contributed by atoms with Crippen molar-refractivity contribution in [3.8, 4) is 23.1 Å². The number of β-amino-alcohol motifs (C(OH)–C–C–N with tert-alkyl or cyclic N) is 1. The van der Waals surface area contributed by atoms with Crippen LogP contribution in [0.3, 0.4) is 0 Å². The van der Waals surface area contributed by atoms with Crippen LogP contribution in [0.15, 0.2) is 12.3 Å². The quantitative estimate of drug-likeness (QED) is 0.873. The Morgan fingerprint density at radius 3 is 2.60 bits per heavy atom. The van der Waals surface area contributed by atoms with Gasteiger partial charge in [-0.15, -0.1) is 0 Å².